The van der Waals surface area contributed by atoms with Crippen molar-refractivity contribution in [1.82, 2.24) is 4.90 Å². The third-order valence-corrected chi connectivity index (χ3v) is 4.02. The zero-order chi connectivity index (χ0) is 15.6. The maximum atomic E-state index is 12.3. The largest absolute Gasteiger partial charge is 0.493 e. The SMILES string of the molecule is CCOc1ccc(Cl)cc1/C=C1\SC(=O)N(C(C)C)C1=O. The van der Waals surface area contributed by atoms with Crippen LogP contribution in [0.5, 0.6) is 5.75 Å². The minimum atomic E-state index is -0.276. The third-order valence-electron chi connectivity index (χ3n) is 2.90. The molecule has 0 N–H and O–H groups in total. The zero-order valence-corrected chi connectivity index (χ0v) is 13.6. The first-order valence-corrected chi connectivity index (χ1v) is 7.83. The van der Waals surface area contributed by atoms with Gasteiger partial charge in [-0.1, -0.05) is 11.6 Å². The molecule has 1 aliphatic heterocycles. The summed E-state index contributed by atoms with van der Waals surface area (Å²) in [4.78, 5) is 25.8. The van der Waals surface area contributed by atoms with E-state index in [9.17, 15) is 9.59 Å². The monoisotopic (exact) mass is 325 g/mol. The van der Waals surface area contributed by atoms with Gasteiger partial charge in [0.1, 0.15) is 5.75 Å². The summed E-state index contributed by atoms with van der Waals surface area (Å²) in [5, 5.41) is 0.300. The maximum Gasteiger partial charge on any atom is 0.293 e. The van der Waals surface area contributed by atoms with Gasteiger partial charge in [-0.15, -0.1) is 0 Å². The quantitative estimate of drug-likeness (QED) is 0.779. The van der Waals surface area contributed by atoms with E-state index >= 15 is 0 Å². The van der Waals surface area contributed by atoms with Crippen LogP contribution >= 0.6 is 23.4 Å². The summed E-state index contributed by atoms with van der Waals surface area (Å²) < 4.78 is 5.52. The second-order valence-corrected chi connectivity index (χ2v) is 6.19. The summed E-state index contributed by atoms with van der Waals surface area (Å²) in [6, 6.07) is 5.04. The second kappa shape index (κ2) is 6.54. The molecule has 1 aromatic rings. The first kappa shape index (κ1) is 15.9. The highest BCUT2D eigenvalue weighted by Gasteiger charge is 2.36. The van der Waals surface area contributed by atoms with Crippen molar-refractivity contribution in [2.75, 3.05) is 6.61 Å². The number of imide groups is 1. The van der Waals surface area contributed by atoms with Gasteiger partial charge in [-0.3, -0.25) is 14.5 Å². The minimum absolute atomic E-state index is 0.158. The Morgan fingerprint density at radius 2 is 2.10 bits per heavy atom. The van der Waals surface area contributed by atoms with Gasteiger partial charge in [0.05, 0.1) is 11.5 Å². The summed E-state index contributed by atoms with van der Waals surface area (Å²) in [7, 11) is 0. The standard InChI is InChI=1S/C15H16ClNO3S/c1-4-20-12-6-5-11(16)7-10(12)8-13-14(18)17(9(2)3)15(19)21-13/h5-9H,4H2,1-3H3/b13-8-. The summed E-state index contributed by atoms with van der Waals surface area (Å²) in [5.74, 6) is 0.362. The topological polar surface area (TPSA) is 46.6 Å². The van der Waals surface area contributed by atoms with Gasteiger partial charge in [0, 0.05) is 16.6 Å². The highest BCUT2D eigenvalue weighted by molar-refractivity contribution is 8.18. The third kappa shape index (κ3) is 3.41. The van der Waals surface area contributed by atoms with E-state index in [1.807, 2.05) is 20.8 Å². The molecule has 0 saturated carbocycles. The summed E-state index contributed by atoms with van der Waals surface area (Å²) in [6.07, 6.45) is 1.66. The molecule has 0 aliphatic carbocycles. The normalized spacial score (nSPS) is 17.2. The molecule has 0 aromatic heterocycles. The van der Waals surface area contributed by atoms with Gasteiger partial charge in [0.25, 0.3) is 11.1 Å². The Morgan fingerprint density at radius 1 is 1.38 bits per heavy atom. The van der Waals surface area contributed by atoms with Crippen LogP contribution in [-0.4, -0.2) is 28.7 Å². The molecule has 6 heteroatoms. The molecule has 0 bridgehead atoms. The van der Waals surface area contributed by atoms with E-state index in [1.165, 1.54) is 4.90 Å². The van der Waals surface area contributed by atoms with E-state index in [1.54, 1.807) is 24.3 Å². The van der Waals surface area contributed by atoms with Crippen LogP contribution in [0.4, 0.5) is 4.79 Å². The van der Waals surface area contributed by atoms with Crippen LogP contribution in [0.1, 0.15) is 26.3 Å². The highest BCUT2D eigenvalue weighted by atomic mass is 35.5. The van der Waals surface area contributed by atoms with E-state index in [0.717, 1.165) is 11.8 Å². The van der Waals surface area contributed by atoms with Crippen molar-refractivity contribution in [3.8, 4) is 5.75 Å². The molecule has 0 spiro atoms. The predicted molar refractivity (Wildman–Crippen MR) is 85.6 cm³/mol. The first-order chi connectivity index (χ1) is 9.93. The average molecular weight is 326 g/mol. The number of rotatable bonds is 4. The number of hydrogen-bond acceptors (Lipinski definition) is 4. The molecule has 4 nitrogen and oxygen atoms in total. The highest BCUT2D eigenvalue weighted by Crippen LogP contribution is 2.35. The molecule has 112 valence electrons. The van der Waals surface area contributed by atoms with Crippen LogP contribution in [0, 0.1) is 0 Å². The van der Waals surface area contributed by atoms with Gasteiger partial charge < -0.3 is 4.74 Å². The predicted octanol–water partition coefficient (Wildman–Crippen LogP) is 4.18. The molecule has 2 amide bonds. The van der Waals surface area contributed by atoms with E-state index in [4.69, 9.17) is 16.3 Å². The van der Waals surface area contributed by atoms with E-state index in [-0.39, 0.29) is 17.2 Å². The summed E-state index contributed by atoms with van der Waals surface area (Å²) >= 11 is 6.93. The molecule has 1 fully saturated rings. The molecule has 0 radical (unpaired) electrons. The average Bonchev–Trinajstić information content (AvgIpc) is 2.68. The van der Waals surface area contributed by atoms with Crippen LogP contribution in [0.3, 0.4) is 0 Å². The van der Waals surface area contributed by atoms with Gasteiger partial charge in [-0.05, 0) is 56.8 Å². The van der Waals surface area contributed by atoms with Gasteiger partial charge >= 0.3 is 0 Å². The number of benzene rings is 1. The number of ether oxygens (including phenoxy) is 1. The van der Waals surface area contributed by atoms with Crippen LogP contribution in [0.2, 0.25) is 5.02 Å². The smallest absolute Gasteiger partial charge is 0.293 e. The second-order valence-electron chi connectivity index (χ2n) is 4.76. The minimum Gasteiger partial charge on any atom is -0.493 e. The first-order valence-electron chi connectivity index (χ1n) is 6.63. The number of amides is 2. The lowest BCUT2D eigenvalue weighted by Gasteiger charge is -2.16. The summed E-state index contributed by atoms with van der Waals surface area (Å²) in [6.45, 7) is 6.01. The Morgan fingerprint density at radius 3 is 2.67 bits per heavy atom. The number of halogens is 1. The number of hydrogen-bond donors (Lipinski definition) is 0. The number of carbonyl (C=O) groups excluding carboxylic acids is 2. The van der Waals surface area contributed by atoms with Crippen molar-refractivity contribution in [1.29, 1.82) is 0 Å². The lowest BCUT2D eigenvalue weighted by molar-refractivity contribution is -0.123. The molecule has 21 heavy (non-hydrogen) atoms. The van der Waals surface area contributed by atoms with Crippen LogP contribution in [0.25, 0.3) is 6.08 Å². The van der Waals surface area contributed by atoms with Crippen molar-refractivity contribution < 1.29 is 14.3 Å². The van der Waals surface area contributed by atoms with Gasteiger partial charge in [0.15, 0.2) is 0 Å². The number of thioether (sulfide) groups is 1. The van der Waals surface area contributed by atoms with E-state index in [2.05, 4.69) is 0 Å². The molecular formula is C15H16ClNO3S. The van der Waals surface area contributed by atoms with E-state index in [0.29, 0.717) is 27.8 Å². The van der Waals surface area contributed by atoms with Crippen LogP contribution in [-0.2, 0) is 4.79 Å². The van der Waals surface area contributed by atoms with Gasteiger partial charge in [-0.2, -0.15) is 0 Å². The Bertz CT molecular complexity index is 613. The van der Waals surface area contributed by atoms with Crippen molar-refractivity contribution in [2.24, 2.45) is 0 Å². The summed E-state index contributed by atoms with van der Waals surface area (Å²) in [5.41, 5.74) is 0.693. The molecule has 0 unspecified atom stereocenters. The van der Waals surface area contributed by atoms with Crippen molar-refractivity contribution in [2.45, 2.75) is 26.8 Å². The maximum absolute atomic E-state index is 12.3. The Labute approximate surface area is 133 Å². The Hall–Kier alpha value is -1.46. The molecule has 1 aliphatic rings. The Kier molecular flexibility index (Phi) is 4.96. The Balaban J connectivity index is 2.38. The van der Waals surface area contributed by atoms with Crippen LogP contribution < -0.4 is 4.74 Å². The number of nitrogens with zero attached hydrogens (tertiary/aromatic N) is 1. The van der Waals surface area contributed by atoms with E-state index < -0.39 is 0 Å². The lowest BCUT2D eigenvalue weighted by atomic mass is 10.1. The van der Waals surface area contributed by atoms with Crippen molar-refractivity contribution >= 4 is 40.6 Å². The molecule has 2 rings (SSSR count). The molecule has 1 saturated heterocycles. The number of carbonyl (C=O) groups is 2. The molecule has 0 atom stereocenters. The van der Waals surface area contributed by atoms with Crippen molar-refractivity contribution in [3.63, 3.8) is 0 Å². The fourth-order valence-corrected chi connectivity index (χ4v) is 3.12. The molecule has 1 aromatic carbocycles. The van der Waals surface area contributed by atoms with Crippen molar-refractivity contribution in [3.05, 3.63) is 33.7 Å². The zero-order valence-electron chi connectivity index (χ0n) is 12.1. The molecular weight excluding hydrogens is 310 g/mol. The fourth-order valence-electron chi connectivity index (χ4n) is 1.99. The molecule has 1 heterocycles. The lowest BCUT2D eigenvalue weighted by Crippen LogP contribution is -2.34. The fraction of sp³-hybridized carbons (Fsp3) is 0.333. The van der Waals surface area contributed by atoms with Crippen LogP contribution in [0.15, 0.2) is 23.1 Å². The van der Waals surface area contributed by atoms with Gasteiger partial charge in [0.2, 0.25) is 0 Å². The van der Waals surface area contributed by atoms with Gasteiger partial charge in [-0.25, -0.2) is 0 Å².